The molecule has 2 amide bonds. The van der Waals surface area contributed by atoms with Crippen molar-refractivity contribution in [3.05, 3.63) is 59.3 Å². The third-order valence-electron chi connectivity index (χ3n) is 5.29. The molecule has 2 aliphatic heterocycles. The van der Waals surface area contributed by atoms with Crippen LogP contribution in [0.15, 0.2) is 42.6 Å². The van der Waals surface area contributed by atoms with E-state index >= 15 is 0 Å². The van der Waals surface area contributed by atoms with Crippen molar-refractivity contribution in [2.24, 2.45) is 0 Å². The molecule has 1 fully saturated rings. The van der Waals surface area contributed by atoms with Crippen molar-refractivity contribution >= 4 is 17.6 Å². The van der Waals surface area contributed by atoms with Crippen LogP contribution in [0.25, 0.3) is 0 Å². The molecule has 0 spiro atoms. The quantitative estimate of drug-likeness (QED) is 0.850. The predicted octanol–water partition coefficient (Wildman–Crippen LogP) is 1.93. The van der Waals surface area contributed by atoms with Gasteiger partial charge < -0.3 is 15.5 Å². The van der Waals surface area contributed by atoms with E-state index in [2.05, 4.69) is 44.8 Å². The van der Waals surface area contributed by atoms with Crippen molar-refractivity contribution in [3.63, 3.8) is 0 Å². The lowest BCUT2D eigenvalue weighted by Crippen LogP contribution is -2.34. The van der Waals surface area contributed by atoms with E-state index in [1.54, 1.807) is 6.20 Å². The summed E-state index contributed by atoms with van der Waals surface area (Å²) >= 11 is 0. The van der Waals surface area contributed by atoms with Crippen LogP contribution in [-0.2, 0) is 29.1 Å². The van der Waals surface area contributed by atoms with Gasteiger partial charge in [0.15, 0.2) is 0 Å². The number of carbonyl (C=O) groups excluding carboxylic acids is 2. The van der Waals surface area contributed by atoms with Gasteiger partial charge in [0.1, 0.15) is 5.82 Å². The molecule has 1 aromatic carbocycles. The summed E-state index contributed by atoms with van der Waals surface area (Å²) in [5.74, 6) is 0.926. The SMILES string of the molecule is O=C(C[C@@H]1CCC(=O)N1)NCc1cccnc1N1CCc2ccccc2C1. The maximum absolute atomic E-state index is 12.2. The molecule has 1 saturated heterocycles. The topological polar surface area (TPSA) is 74.3 Å². The summed E-state index contributed by atoms with van der Waals surface area (Å²) < 4.78 is 0. The van der Waals surface area contributed by atoms with Crippen LogP contribution in [0.2, 0.25) is 0 Å². The smallest absolute Gasteiger partial charge is 0.222 e. The first-order valence-electron chi connectivity index (χ1n) is 9.51. The molecule has 2 aromatic rings. The molecule has 6 nitrogen and oxygen atoms in total. The van der Waals surface area contributed by atoms with Crippen molar-refractivity contribution in [1.82, 2.24) is 15.6 Å². The zero-order valence-electron chi connectivity index (χ0n) is 15.3. The Morgan fingerprint density at radius 1 is 1.19 bits per heavy atom. The molecule has 2 aliphatic rings. The lowest BCUT2D eigenvalue weighted by atomic mass is 9.99. The minimum absolute atomic E-state index is 0.0349. The van der Waals surface area contributed by atoms with Gasteiger partial charge in [-0.3, -0.25) is 9.59 Å². The van der Waals surface area contributed by atoms with Gasteiger partial charge in [-0.25, -0.2) is 4.98 Å². The van der Waals surface area contributed by atoms with Crippen LogP contribution in [0.5, 0.6) is 0 Å². The van der Waals surface area contributed by atoms with Crippen LogP contribution in [-0.4, -0.2) is 29.4 Å². The predicted molar refractivity (Wildman–Crippen MR) is 103 cm³/mol. The molecule has 0 radical (unpaired) electrons. The first kappa shape index (κ1) is 17.5. The highest BCUT2D eigenvalue weighted by molar-refractivity contribution is 5.81. The third kappa shape index (κ3) is 4.10. The van der Waals surface area contributed by atoms with E-state index in [1.807, 2.05) is 12.1 Å². The molecule has 4 rings (SSSR count). The number of nitrogens with one attached hydrogen (secondary N) is 2. The van der Waals surface area contributed by atoms with Crippen molar-refractivity contribution in [2.75, 3.05) is 11.4 Å². The summed E-state index contributed by atoms with van der Waals surface area (Å²) in [5.41, 5.74) is 3.75. The van der Waals surface area contributed by atoms with Crippen molar-refractivity contribution in [3.8, 4) is 0 Å². The first-order chi connectivity index (χ1) is 13.2. The highest BCUT2D eigenvalue weighted by Gasteiger charge is 2.23. The Labute approximate surface area is 159 Å². The molecule has 0 unspecified atom stereocenters. The first-order valence-corrected chi connectivity index (χ1v) is 9.51. The molecule has 0 bridgehead atoms. The normalized spacial score (nSPS) is 18.7. The Kier molecular flexibility index (Phi) is 5.05. The Bertz CT molecular complexity index is 852. The number of hydrogen-bond donors (Lipinski definition) is 2. The van der Waals surface area contributed by atoms with Gasteiger partial charge >= 0.3 is 0 Å². The fraction of sp³-hybridized carbons (Fsp3) is 0.381. The molecule has 2 N–H and O–H groups in total. The highest BCUT2D eigenvalue weighted by atomic mass is 16.2. The van der Waals surface area contributed by atoms with E-state index in [0.29, 0.717) is 19.4 Å². The number of anilines is 1. The van der Waals surface area contributed by atoms with Gasteiger partial charge in [-0.1, -0.05) is 30.3 Å². The Balaban J connectivity index is 1.40. The van der Waals surface area contributed by atoms with E-state index in [-0.39, 0.29) is 17.9 Å². The third-order valence-corrected chi connectivity index (χ3v) is 5.29. The lowest BCUT2D eigenvalue weighted by Gasteiger charge is -2.31. The molecule has 27 heavy (non-hydrogen) atoms. The molecule has 1 atom stereocenters. The largest absolute Gasteiger partial charge is 0.353 e. The van der Waals surface area contributed by atoms with Crippen LogP contribution in [0, 0.1) is 0 Å². The average Bonchev–Trinajstić information content (AvgIpc) is 3.11. The van der Waals surface area contributed by atoms with Gasteiger partial charge in [0, 0.05) is 50.3 Å². The van der Waals surface area contributed by atoms with Gasteiger partial charge in [0.2, 0.25) is 11.8 Å². The molecule has 0 aliphatic carbocycles. The second-order valence-corrected chi connectivity index (χ2v) is 7.21. The summed E-state index contributed by atoms with van der Waals surface area (Å²) in [6.45, 7) is 2.20. The summed E-state index contributed by atoms with van der Waals surface area (Å²) in [6, 6.07) is 12.4. The summed E-state index contributed by atoms with van der Waals surface area (Å²) in [7, 11) is 0. The van der Waals surface area contributed by atoms with E-state index in [1.165, 1.54) is 11.1 Å². The molecular weight excluding hydrogens is 340 g/mol. The second-order valence-electron chi connectivity index (χ2n) is 7.21. The number of carbonyl (C=O) groups is 2. The molecule has 3 heterocycles. The summed E-state index contributed by atoms with van der Waals surface area (Å²) in [6.07, 6.45) is 4.38. The number of amides is 2. The number of nitrogens with zero attached hydrogens (tertiary/aromatic N) is 2. The van der Waals surface area contributed by atoms with E-state index < -0.39 is 0 Å². The Hall–Kier alpha value is -2.89. The minimum Gasteiger partial charge on any atom is -0.353 e. The van der Waals surface area contributed by atoms with Gasteiger partial charge in [-0.2, -0.15) is 0 Å². The van der Waals surface area contributed by atoms with Crippen LogP contribution in [0.1, 0.15) is 36.0 Å². The van der Waals surface area contributed by atoms with Crippen LogP contribution in [0.4, 0.5) is 5.82 Å². The van der Waals surface area contributed by atoms with Gasteiger partial charge in [0.05, 0.1) is 0 Å². The molecule has 1 aromatic heterocycles. The van der Waals surface area contributed by atoms with Gasteiger partial charge in [-0.05, 0) is 30.0 Å². The number of rotatable bonds is 5. The number of pyridine rings is 1. The number of hydrogen-bond acceptors (Lipinski definition) is 4. The van der Waals surface area contributed by atoms with Crippen LogP contribution >= 0.6 is 0 Å². The number of benzene rings is 1. The zero-order chi connectivity index (χ0) is 18.6. The van der Waals surface area contributed by atoms with Crippen molar-refractivity contribution in [1.29, 1.82) is 0 Å². The minimum atomic E-state index is -0.0407. The van der Waals surface area contributed by atoms with Crippen molar-refractivity contribution < 1.29 is 9.59 Å². The van der Waals surface area contributed by atoms with E-state index in [9.17, 15) is 9.59 Å². The lowest BCUT2D eigenvalue weighted by molar-refractivity contribution is -0.121. The molecule has 0 saturated carbocycles. The standard InChI is InChI=1S/C21H24N4O2/c26-19-8-7-18(24-19)12-20(27)23-13-16-6-3-10-22-21(16)25-11-9-15-4-1-2-5-17(15)14-25/h1-6,10,18H,7-9,11-14H2,(H,23,27)(H,24,26)/t18-/m0/s1. The Morgan fingerprint density at radius 2 is 2.04 bits per heavy atom. The van der Waals surface area contributed by atoms with Gasteiger partial charge in [-0.15, -0.1) is 0 Å². The average molecular weight is 364 g/mol. The number of aromatic nitrogens is 1. The molecular formula is C21H24N4O2. The maximum Gasteiger partial charge on any atom is 0.222 e. The second kappa shape index (κ2) is 7.78. The van der Waals surface area contributed by atoms with E-state index in [0.717, 1.165) is 37.3 Å². The van der Waals surface area contributed by atoms with Crippen LogP contribution < -0.4 is 15.5 Å². The Morgan fingerprint density at radius 3 is 2.85 bits per heavy atom. The molecule has 140 valence electrons. The fourth-order valence-corrected chi connectivity index (χ4v) is 3.85. The van der Waals surface area contributed by atoms with E-state index in [4.69, 9.17) is 0 Å². The summed E-state index contributed by atoms with van der Waals surface area (Å²) in [4.78, 5) is 30.4. The molecule has 6 heteroatoms. The van der Waals surface area contributed by atoms with Crippen molar-refractivity contribution in [2.45, 2.75) is 44.8 Å². The van der Waals surface area contributed by atoms with Crippen LogP contribution in [0.3, 0.4) is 0 Å². The van der Waals surface area contributed by atoms with Gasteiger partial charge in [0.25, 0.3) is 0 Å². The highest BCUT2D eigenvalue weighted by Crippen LogP contribution is 2.25. The monoisotopic (exact) mass is 364 g/mol. The number of fused-ring (bicyclic) bond motifs is 1. The fourth-order valence-electron chi connectivity index (χ4n) is 3.85. The zero-order valence-corrected chi connectivity index (χ0v) is 15.3. The maximum atomic E-state index is 12.2. The summed E-state index contributed by atoms with van der Waals surface area (Å²) in [5, 5.41) is 5.82.